The van der Waals surface area contributed by atoms with E-state index in [1.54, 1.807) is 7.11 Å². The molecule has 1 saturated heterocycles. The first-order valence-electron chi connectivity index (χ1n) is 5.96. The van der Waals surface area contributed by atoms with E-state index in [1.165, 1.54) is 24.3 Å². The van der Waals surface area contributed by atoms with Crippen molar-refractivity contribution in [3.8, 4) is 5.75 Å². The van der Waals surface area contributed by atoms with Crippen LogP contribution in [0.3, 0.4) is 0 Å². The van der Waals surface area contributed by atoms with Crippen LogP contribution in [-0.2, 0) is 0 Å². The summed E-state index contributed by atoms with van der Waals surface area (Å²) < 4.78 is 5.14. The number of rotatable bonds is 4. The lowest BCUT2D eigenvalue weighted by Gasteiger charge is -2.22. The summed E-state index contributed by atoms with van der Waals surface area (Å²) in [5.41, 5.74) is 0. The molecule has 1 atom stereocenters. The van der Waals surface area contributed by atoms with Crippen molar-refractivity contribution in [2.24, 2.45) is 5.92 Å². The highest BCUT2D eigenvalue weighted by Gasteiger charge is 2.13. The van der Waals surface area contributed by atoms with Crippen molar-refractivity contribution >= 4 is 23.4 Å². The molecule has 94 valence electrons. The predicted octanol–water partition coefficient (Wildman–Crippen LogP) is 3.44. The smallest absolute Gasteiger partial charge is 0.137 e. The van der Waals surface area contributed by atoms with Crippen molar-refractivity contribution in [2.75, 3.05) is 26.0 Å². The van der Waals surface area contributed by atoms with Gasteiger partial charge in [-0.05, 0) is 50.0 Å². The minimum Gasteiger partial charge on any atom is -0.495 e. The maximum atomic E-state index is 6.10. The van der Waals surface area contributed by atoms with E-state index in [0.29, 0.717) is 5.02 Å². The summed E-state index contributed by atoms with van der Waals surface area (Å²) in [5, 5.41) is 4.14. The zero-order chi connectivity index (χ0) is 12.1. The van der Waals surface area contributed by atoms with E-state index in [4.69, 9.17) is 16.3 Å². The number of benzene rings is 1. The quantitative estimate of drug-likeness (QED) is 0.848. The van der Waals surface area contributed by atoms with Crippen molar-refractivity contribution in [3.63, 3.8) is 0 Å². The molecular formula is C13H18ClNOS. The molecule has 0 aliphatic carbocycles. The molecule has 0 bridgehead atoms. The molecule has 0 spiro atoms. The van der Waals surface area contributed by atoms with Crippen LogP contribution in [0.1, 0.15) is 12.8 Å². The number of thioether (sulfide) groups is 1. The standard InChI is InChI=1S/C13H18ClNOS/c1-16-13-5-4-11(7-12(13)14)17-9-10-3-2-6-15-8-10/h4-5,7,10,15H,2-3,6,8-9H2,1H3. The largest absolute Gasteiger partial charge is 0.495 e. The van der Waals surface area contributed by atoms with Gasteiger partial charge in [0.15, 0.2) is 0 Å². The molecule has 0 amide bonds. The molecule has 2 rings (SSSR count). The van der Waals surface area contributed by atoms with Crippen LogP contribution in [0, 0.1) is 5.92 Å². The van der Waals surface area contributed by atoms with Crippen LogP contribution in [0.5, 0.6) is 5.75 Å². The number of ether oxygens (including phenoxy) is 1. The van der Waals surface area contributed by atoms with Crippen LogP contribution in [-0.4, -0.2) is 26.0 Å². The molecule has 1 unspecified atom stereocenters. The number of piperidine rings is 1. The molecule has 0 aromatic heterocycles. The third-order valence-electron chi connectivity index (χ3n) is 3.01. The van der Waals surface area contributed by atoms with Crippen LogP contribution < -0.4 is 10.1 Å². The van der Waals surface area contributed by atoms with Crippen LogP contribution in [0.25, 0.3) is 0 Å². The van der Waals surface area contributed by atoms with E-state index in [0.717, 1.165) is 24.0 Å². The second kappa shape index (κ2) is 6.53. The first kappa shape index (κ1) is 13.1. The Morgan fingerprint density at radius 3 is 3.06 bits per heavy atom. The second-order valence-electron chi connectivity index (χ2n) is 4.32. The average Bonchev–Trinajstić information content (AvgIpc) is 2.38. The number of hydrogen-bond donors (Lipinski definition) is 1. The Hall–Kier alpha value is -0.380. The molecule has 4 heteroatoms. The summed E-state index contributed by atoms with van der Waals surface area (Å²) in [4.78, 5) is 1.22. The maximum absolute atomic E-state index is 6.10. The van der Waals surface area contributed by atoms with Crippen molar-refractivity contribution in [1.82, 2.24) is 5.32 Å². The highest BCUT2D eigenvalue weighted by atomic mass is 35.5. The van der Waals surface area contributed by atoms with Crippen LogP contribution in [0.2, 0.25) is 5.02 Å². The van der Waals surface area contributed by atoms with Gasteiger partial charge in [-0.1, -0.05) is 11.6 Å². The summed E-state index contributed by atoms with van der Waals surface area (Å²) in [5.74, 6) is 2.69. The normalized spacial score (nSPS) is 20.2. The lowest BCUT2D eigenvalue weighted by atomic mass is 10.0. The molecule has 1 aliphatic heterocycles. The molecule has 17 heavy (non-hydrogen) atoms. The molecular weight excluding hydrogens is 254 g/mol. The first-order chi connectivity index (χ1) is 8.29. The van der Waals surface area contributed by atoms with Crippen molar-refractivity contribution in [2.45, 2.75) is 17.7 Å². The number of nitrogens with one attached hydrogen (secondary N) is 1. The van der Waals surface area contributed by atoms with Gasteiger partial charge in [-0.15, -0.1) is 11.8 Å². The lowest BCUT2D eigenvalue weighted by Crippen LogP contribution is -2.30. The van der Waals surface area contributed by atoms with Crippen LogP contribution in [0.4, 0.5) is 0 Å². The Kier molecular flexibility index (Phi) is 5.01. The molecule has 0 saturated carbocycles. The minimum absolute atomic E-state index is 0.694. The second-order valence-corrected chi connectivity index (χ2v) is 5.82. The topological polar surface area (TPSA) is 21.3 Å². The lowest BCUT2D eigenvalue weighted by molar-refractivity contribution is 0.410. The van der Waals surface area contributed by atoms with Gasteiger partial charge in [0, 0.05) is 10.6 Å². The highest BCUT2D eigenvalue weighted by Crippen LogP contribution is 2.31. The Labute approximate surface area is 112 Å². The fourth-order valence-electron chi connectivity index (χ4n) is 2.02. The molecule has 1 aromatic rings. The van der Waals surface area contributed by atoms with Gasteiger partial charge in [-0.2, -0.15) is 0 Å². The Morgan fingerprint density at radius 2 is 2.41 bits per heavy atom. The first-order valence-corrected chi connectivity index (χ1v) is 7.33. The van der Waals surface area contributed by atoms with Crippen molar-refractivity contribution in [1.29, 1.82) is 0 Å². The zero-order valence-corrected chi connectivity index (χ0v) is 11.6. The Morgan fingerprint density at radius 1 is 1.53 bits per heavy atom. The molecule has 1 heterocycles. The van der Waals surface area contributed by atoms with Crippen LogP contribution >= 0.6 is 23.4 Å². The number of hydrogen-bond acceptors (Lipinski definition) is 3. The van der Waals surface area contributed by atoms with Crippen molar-refractivity contribution < 1.29 is 4.74 Å². The van der Waals surface area contributed by atoms with E-state index in [9.17, 15) is 0 Å². The zero-order valence-electron chi connectivity index (χ0n) is 10.0. The summed E-state index contributed by atoms with van der Waals surface area (Å²) in [6.45, 7) is 2.33. The predicted molar refractivity (Wildman–Crippen MR) is 74.3 cm³/mol. The molecule has 0 radical (unpaired) electrons. The summed E-state index contributed by atoms with van der Waals surface area (Å²) in [6.07, 6.45) is 2.64. The van der Waals surface area contributed by atoms with Crippen LogP contribution in [0.15, 0.2) is 23.1 Å². The summed E-state index contributed by atoms with van der Waals surface area (Å²) in [7, 11) is 1.64. The van der Waals surface area contributed by atoms with E-state index in [1.807, 2.05) is 23.9 Å². The van der Waals surface area contributed by atoms with Gasteiger partial charge < -0.3 is 10.1 Å². The van der Waals surface area contributed by atoms with E-state index in [-0.39, 0.29) is 0 Å². The van der Waals surface area contributed by atoms with Gasteiger partial charge in [0.2, 0.25) is 0 Å². The van der Waals surface area contributed by atoms with E-state index >= 15 is 0 Å². The van der Waals surface area contributed by atoms with E-state index < -0.39 is 0 Å². The SMILES string of the molecule is COc1ccc(SCC2CCCNC2)cc1Cl. The molecule has 1 fully saturated rings. The summed E-state index contributed by atoms with van der Waals surface area (Å²) in [6, 6.07) is 6.00. The maximum Gasteiger partial charge on any atom is 0.137 e. The monoisotopic (exact) mass is 271 g/mol. The summed E-state index contributed by atoms with van der Waals surface area (Å²) >= 11 is 7.98. The Bertz CT molecular complexity index is 366. The molecule has 2 nitrogen and oxygen atoms in total. The van der Waals surface area contributed by atoms with E-state index in [2.05, 4.69) is 11.4 Å². The average molecular weight is 272 g/mol. The van der Waals surface area contributed by atoms with Gasteiger partial charge in [0.1, 0.15) is 5.75 Å². The van der Waals surface area contributed by atoms with Gasteiger partial charge in [0.05, 0.1) is 12.1 Å². The fourth-order valence-corrected chi connectivity index (χ4v) is 3.42. The third kappa shape index (κ3) is 3.80. The number of methoxy groups -OCH3 is 1. The highest BCUT2D eigenvalue weighted by molar-refractivity contribution is 7.99. The third-order valence-corrected chi connectivity index (χ3v) is 4.53. The minimum atomic E-state index is 0.694. The molecule has 1 N–H and O–H groups in total. The Balaban J connectivity index is 1.87. The molecule has 1 aromatic carbocycles. The van der Waals surface area contributed by atoms with Crippen molar-refractivity contribution in [3.05, 3.63) is 23.2 Å². The number of halogens is 1. The molecule has 1 aliphatic rings. The van der Waals surface area contributed by atoms with Gasteiger partial charge in [-0.3, -0.25) is 0 Å². The fraction of sp³-hybridized carbons (Fsp3) is 0.538. The van der Waals surface area contributed by atoms with Gasteiger partial charge >= 0.3 is 0 Å². The van der Waals surface area contributed by atoms with Gasteiger partial charge in [-0.25, -0.2) is 0 Å². The van der Waals surface area contributed by atoms with Gasteiger partial charge in [0.25, 0.3) is 0 Å².